The van der Waals surface area contributed by atoms with E-state index >= 15 is 0 Å². The number of carbonyl (C=O) groups is 2. The van der Waals surface area contributed by atoms with E-state index in [9.17, 15) is 14.0 Å². The largest absolute Gasteiger partial charge is 0.463 e. The van der Waals surface area contributed by atoms with Crippen LogP contribution in [-0.2, 0) is 26.3 Å². The standard InChI is InChI=1S/C24H27BrFNO3S/c1-14(2)30-22(28)12-21-23(29)27(13-15-6-8-17(25)11-18(15)26)19-10-16(24(3,4)5)7-9-20(19)31-21/h6-11,14,21H,12-13H2,1-5H3. The van der Waals surface area contributed by atoms with Gasteiger partial charge in [0.05, 0.1) is 30.0 Å². The second kappa shape index (κ2) is 9.33. The van der Waals surface area contributed by atoms with Crippen LogP contribution in [0, 0.1) is 5.82 Å². The Morgan fingerprint density at radius 1 is 1.23 bits per heavy atom. The summed E-state index contributed by atoms with van der Waals surface area (Å²) >= 11 is 4.64. The number of rotatable bonds is 5. The Kier molecular flexibility index (Phi) is 7.16. The molecule has 0 bridgehead atoms. The first-order valence-corrected chi connectivity index (χ1v) is 11.9. The van der Waals surface area contributed by atoms with Crippen molar-refractivity contribution < 1.29 is 18.7 Å². The van der Waals surface area contributed by atoms with Gasteiger partial charge >= 0.3 is 5.97 Å². The molecule has 1 amide bonds. The van der Waals surface area contributed by atoms with Crippen LogP contribution in [0.2, 0.25) is 0 Å². The lowest BCUT2D eigenvalue weighted by Crippen LogP contribution is -2.42. The van der Waals surface area contributed by atoms with Gasteiger partial charge in [0.2, 0.25) is 5.91 Å². The van der Waals surface area contributed by atoms with E-state index in [0.717, 1.165) is 16.1 Å². The normalized spacial score (nSPS) is 16.5. The van der Waals surface area contributed by atoms with Gasteiger partial charge in [-0.05, 0) is 49.1 Å². The van der Waals surface area contributed by atoms with Crippen molar-refractivity contribution in [3.63, 3.8) is 0 Å². The molecule has 1 unspecified atom stereocenters. The molecule has 0 fully saturated rings. The molecule has 2 aromatic rings. The summed E-state index contributed by atoms with van der Waals surface area (Å²) in [5, 5.41) is -0.613. The molecule has 4 nitrogen and oxygen atoms in total. The summed E-state index contributed by atoms with van der Waals surface area (Å²) < 4.78 is 20.5. The summed E-state index contributed by atoms with van der Waals surface area (Å²) in [7, 11) is 0. The van der Waals surface area contributed by atoms with Crippen molar-refractivity contribution in [2.24, 2.45) is 0 Å². The second-order valence-electron chi connectivity index (χ2n) is 8.94. The van der Waals surface area contributed by atoms with E-state index in [-0.39, 0.29) is 36.2 Å². The molecule has 1 aliphatic rings. The van der Waals surface area contributed by atoms with Gasteiger partial charge in [-0.15, -0.1) is 11.8 Å². The quantitative estimate of drug-likeness (QED) is 0.449. The lowest BCUT2D eigenvalue weighted by molar-refractivity contribution is -0.148. The van der Waals surface area contributed by atoms with Crippen molar-refractivity contribution in [2.45, 2.75) is 69.2 Å². The number of fused-ring (bicyclic) bond motifs is 1. The molecule has 3 rings (SSSR count). The van der Waals surface area contributed by atoms with Gasteiger partial charge in [0.1, 0.15) is 5.82 Å². The summed E-state index contributed by atoms with van der Waals surface area (Å²) in [4.78, 5) is 28.2. The summed E-state index contributed by atoms with van der Waals surface area (Å²) in [6.07, 6.45) is -0.271. The molecule has 0 saturated carbocycles. The van der Waals surface area contributed by atoms with E-state index in [1.807, 2.05) is 18.2 Å². The van der Waals surface area contributed by atoms with Gasteiger partial charge in [0.25, 0.3) is 0 Å². The monoisotopic (exact) mass is 507 g/mol. The molecular weight excluding hydrogens is 481 g/mol. The fraction of sp³-hybridized carbons (Fsp3) is 0.417. The minimum Gasteiger partial charge on any atom is -0.463 e. The third-order valence-electron chi connectivity index (χ3n) is 4.99. The minimum absolute atomic E-state index is 0.0263. The van der Waals surface area contributed by atoms with Crippen molar-refractivity contribution in [1.29, 1.82) is 0 Å². The Bertz CT molecular complexity index is 1000. The average molecular weight is 508 g/mol. The molecular formula is C24H27BrFNO3S. The van der Waals surface area contributed by atoms with Gasteiger partial charge in [-0.3, -0.25) is 9.59 Å². The Morgan fingerprint density at radius 3 is 2.55 bits per heavy atom. The predicted molar refractivity (Wildman–Crippen MR) is 126 cm³/mol. The van der Waals surface area contributed by atoms with Gasteiger partial charge in [-0.25, -0.2) is 4.39 Å². The maximum Gasteiger partial charge on any atom is 0.307 e. The molecule has 31 heavy (non-hydrogen) atoms. The number of thioether (sulfide) groups is 1. The van der Waals surface area contributed by atoms with Crippen molar-refractivity contribution in [2.75, 3.05) is 4.90 Å². The smallest absolute Gasteiger partial charge is 0.307 e. The molecule has 0 N–H and O–H groups in total. The Balaban J connectivity index is 2.00. The van der Waals surface area contributed by atoms with Gasteiger partial charge in [-0.2, -0.15) is 0 Å². The molecule has 1 aliphatic heterocycles. The predicted octanol–water partition coefficient (Wildman–Crippen LogP) is 6.23. The van der Waals surface area contributed by atoms with Crippen LogP contribution in [0.4, 0.5) is 10.1 Å². The average Bonchev–Trinajstić information content (AvgIpc) is 2.65. The number of halogens is 2. The molecule has 0 radical (unpaired) electrons. The van der Waals surface area contributed by atoms with E-state index in [0.29, 0.717) is 10.0 Å². The zero-order valence-corrected chi connectivity index (χ0v) is 20.8. The SMILES string of the molecule is CC(C)OC(=O)CC1Sc2ccc(C(C)(C)C)cc2N(Cc2ccc(Br)cc2F)C1=O. The van der Waals surface area contributed by atoms with Gasteiger partial charge in [0, 0.05) is 14.9 Å². The zero-order valence-electron chi connectivity index (χ0n) is 18.4. The van der Waals surface area contributed by atoms with Crippen LogP contribution in [0.15, 0.2) is 45.8 Å². The number of anilines is 1. The Morgan fingerprint density at radius 2 is 1.94 bits per heavy atom. The molecule has 0 saturated heterocycles. The van der Waals surface area contributed by atoms with Crippen LogP contribution in [-0.4, -0.2) is 23.2 Å². The highest BCUT2D eigenvalue weighted by molar-refractivity contribution is 9.10. The van der Waals surface area contributed by atoms with Crippen LogP contribution in [0.25, 0.3) is 0 Å². The summed E-state index contributed by atoms with van der Waals surface area (Å²) in [6, 6.07) is 10.8. The zero-order chi connectivity index (χ0) is 22.9. The van der Waals surface area contributed by atoms with Crippen LogP contribution < -0.4 is 4.90 Å². The molecule has 166 valence electrons. The number of amides is 1. The number of ether oxygens (including phenoxy) is 1. The number of carbonyl (C=O) groups excluding carboxylic acids is 2. The van der Waals surface area contributed by atoms with Crippen LogP contribution in [0.3, 0.4) is 0 Å². The third-order valence-corrected chi connectivity index (χ3v) is 6.73. The summed E-state index contributed by atoms with van der Waals surface area (Å²) in [5.74, 6) is -1.01. The first-order chi connectivity index (χ1) is 14.5. The first-order valence-electron chi connectivity index (χ1n) is 10.2. The molecule has 1 heterocycles. The van der Waals surface area contributed by atoms with E-state index in [1.165, 1.54) is 17.8 Å². The van der Waals surface area contributed by atoms with Gasteiger partial charge < -0.3 is 9.64 Å². The molecule has 0 aromatic heterocycles. The van der Waals surface area contributed by atoms with Gasteiger partial charge in [-0.1, -0.05) is 48.8 Å². The van der Waals surface area contributed by atoms with Crippen LogP contribution in [0.1, 0.15) is 52.2 Å². The van der Waals surface area contributed by atoms with E-state index in [1.54, 1.807) is 30.9 Å². The lowest BCUT2D eigenvalue weighted by Gasteiger charge is -2.35. The first kappa shape index (κ1) is 23.8. The third kappa shape index (κ3) is 5.69. The maximum atomic E-state index is 14.6. The Hall–Kier alpha value is -1.86. The number of nitrogens with zero attached hydrogens (tertiary/aromatic N) is 1. The summed E-state index contributed by atoms with van der Waals surface area (Å²) in [5.41, 5.74) is 2.14. The molecule has 7 heteroatoms. The van der Waals surface area contributed by atoms with Crippen molar-refractivity contribution in [3.05, 3.63) is 57.8 Å². The van der Waals surface area contributed by atoms with Crippen molar-refractivity contribution in [3.8, 4) is 0 Å². The molecule has 1 atom stereocenters. The Labute approximate surface area is 195 Å². The van der Waals surface area contributed by atoms with Crippen LogP contribution >= 0.6 is 27.7 Å². The molecule has 2 aromatic carbocycles. The van der Waals surface area contributed by atoms with E-state index < -0.39 is 11.2 Å². The number of benzene rings is 2. The van der Waals surface area contributed by atoms with Gasteiger partial charge in [0.15, 0.2) is 0 Å². The maximum absolute atomic E-state index is 14.6. The van der Waals surface area contributed by atoms with Crippen LogP contribution in [0.5, 0.6) is 0 Å². The highest BCUT2D eigenvalue weighted by atomic mass is 79.9. The highest BCUT2D eigenvalue weighted by Gasteiger charge is 2.36. The fourth-order valence-electron chi connectivity index (χ4n) is 3.37. The summed E-state index contributed by atoms with van der Waals surface area (Å²) in [6.45, 7) is 9.97. The van der Waals surface area contributed by atoms with E-state index in [2.05, 4.69) is 36.7 Å². The highest BCUT2D eigenvalue weighted by Crippen LogP contribution is 2.43. The number of esters is 1. The van der Waals surface area contributed by atoms with Crippen molar-refractivity contribution >= 4 is 45.3 Å². The van der Waals surface area contributed by atoms with Crippen molar-refractivity contribution in [1.82, 2.24) is 0 Å². The molecule has 0 spiro atoms. The second-order valence-corrected chi connectivity index (χ2v) is 11.1. The minimum atomic E-state index is -0.613. The lowest BCUT2D eigenvalue weighted by atomic mass is 9.86. The number of hydrogen-bond donors (Lipinski definition) is 0. The van der Waals surface area contributed by atoms with E-state index in [4.69, 9.17) is 4.74 Å². The fourth-order valence-corrected chi connectivity index (χ4v) is 4.89. The topological polar surface area (TPSA) is 46.6 Å². The molecule has 0 aliphatic carbocycles. The number of hydrogen-bond acceptors (Lipinski definition) is 4.